The summed E-state index contributed by atoms with van der Waals surface area (Å²) >= 11 is 0. The second-order valence-corrected chi connectivity index (χ2v) is 7.71. The molecule has 7 nitrogen and oxygen atoms in total. The molecule has 1 aliphatic heterocycles. The summed E-state index contributed by atoms with van der Waals surface area (Å²) < 4.78 is 76.2. The van der Waals surface area contributed by atoms with Crippen molar-refractivity contribution in [3.63, 3.8) is 0 Å². The van der Waals surface area contributed by atoms with Gasteiger partial charge in [0.05, 0.1) is 23.5 Å². The van der Waals surface area contributed by atoms with E-state index in [9.17, 15) is 35.9 Å². The molecule has 3 rings (SSSR count). The number of alkyl halides is 6. The highest BCUT2D eigenvalue weighted by molar-refractivity contribution is 5.99. The van der Waals surface area contributed by atoms with Crippen molar-refractivity contribution in [1.29, 1.82) is 0 Å². The lowest BCUT2D eigenvalue weighted by Crippen LogP contribution is -2.42. The van der Waals surface area contributed by atoms with E-state index in [1.807, 2.05) is 13.8 Å². The van der Waals surface area contributed by atoms with Gasteiger partial charge in [-0.3, -0.25) is 9.69 Å². The molecule has 1 saturated heterocycles. The Labute approximate surface area is 184 Å². The molecule has 1 fully saturated rings. The standard InChI is InChI=1S/C20H19F6N5O2/c1-11(2)14-9-30(13-4-5-15(27-8-13)20(24,25)26)18(33)31(14)10-17(32)29-16-6-3-12(7-28-16)19(21,22)23/h3-8,11,14H,9-10H2,1-2H3,(H,28,29,32)/t14-/m1/s1. The third kappa shape index (κ3) is 5.52. The van der Waals surface area contributed by atoms with E-state index >= 15 is 0 Å². The maximum absolute atomic E-state index is 12.9. The maximum atomic E-state index is 12.9. The number of carbonyl (C=O) groups is 2. The molecule has 3 heterocycles. The van der Waals surface area contributed by atoms with Crippen molar-refractivity contribution < 1.29 is 35.9 Å². The molecule has 178 valence electrons. The second-order valence-electron chi connectivity index (χ2n) is 7.71. The van der Waals surface area contributed by atoms with E-state index in [-0.39, 0.29) is 24.0 Å². The fourth-order valence-corrected chi connectivity index (χ4v) is 3.32. The molecule has 3 amide bonds. The van der Waals surface area contributed by atoms with Crippen LogP contribution in [-0.2, 0) is 17.1 Å². The number of carbonyl (C=O) groups excluding carboxylic acids is 2. The summed E-state index contributed by atoms with van der Waals surface area (Å²) in [5.41, 5.74) is -1.93. The van der Waals surface area contributed by atoms with Gasteiger partial charge in [0, 0.05) is 12.7 Å². The topological polar surface area (TPSA) is 78.4 Å². The Kier molecular flexibility index (Phi) is 6.52. The zero-order valence-electron chi connectivity index (χ0n) is 17.4. The minimum atomic E-state index is -4.62. The lowest BCUT2D eigenvalue weighted by atomic mass is 10.0. The lowest BCUT2D eigenvalue weighted by molar-refractivity contribution is -0.141. The Bertz CT molecular complexity index is 1010. The molecule has 33 heavy (non-hydrogen) atoms. The molecule has 1 aliphatic rings. The zero-order valence-corrected chi connectivity index (χ0v) is 17.4. The number of pyridine rings is 2. The average molecular weight is 475 g/mol. The molecule has 0 bridgehead atoms. The number of amides is 3. The first-order valence-electron chi connectivity index (χ1n) is 9.72. The molecule has 0 spiro atoms. The van der Waals surface area contributed by atoms with Gasteiger partial charge < -0.3 is 10.2 Å². The van der Waals surface area contributed by atoms with Gasteiger partial charge in [-0.05, 0) is 30.2 Å². The van der Waals surface area contributed by atoms with Crippen LogP contribution in [0.2, 0.25) is 0 Å². The van der Waals surface area contributed by atoms with Crippen LogP contribution in [0.3, 0.4) is 0 Å². The molecule has 0 radical (unpaired) electrons. The summed E-state index contributed by atoms with van der Waals surface area (Å²) in [4.78, 5) is 34.8. The first-order chi connectivity index (χ1) is 15.3. The summed E-state index contributed by atoms with van der Waals surface area (Å²) in [7, 11) is 0. The molecule has 0 saturated carbocycles. The van der Waals surface area contributed by atoms with E-state index in [0.717, 1.165) is 30.5 Å². The largest absolute Gasteiger partial charge is 0.433 e. The third-order valence-corrected chi connectivity index (χ3v) is 5.04. The van der Waals surface area contributed by atoms with Gasteiger partial charge in [0.1, 0.15) is 18.1 Å². The van der Waals surface area contributed by atoms with E-state index in [4.69, 9.17) is 0 Å². The molecule has 1 atom stereocenters. The fraction of sp³-hybridized carbons (Fsp3) is 0.400. The normalized spacial score (nSPS) is 17.1. The summed E-state index contributed by atoms with van der Waals surface area (Å²) in [5, 5.41) is 2.34. The molecule has 0 unspecified atom stereocenters. The van der Waals surface area contributed by atoms with Gasteiger partial charge in [-0.1, -0.05) is 13.8 Å². The van der Waals surface area contributed by atoms with Crippen molar-refractivity contribution in [3.05, 3.63) is 47.9 Å². The van der Waals surface area contributed by atoms with Crippen LogP contribution in [0, 0.1) is 5.92 Å². The summed E-state index contributed by atoms with van der Waals surface area (Å²) in [5.74, 6) is -0.906. The van der Waals surface area contributed by atoms with Crippen molar-refractivity contribution in [2.45, 2.75) is 32.2 Å². The van der Waals surface area contributed by atoms with Crippen molar-refractivity contribution in [3.8, 4) is 0 Å². The zero-order chi connectivity index (χ0) is 24.6. The Morgan fingerprint density at radius 1 is 1.06 bits per heavy atom. The quantitative estimate of drug-likeness (QED) is 0.650. The summed E-state index contributed by atoms with van der Waals surface area (Å²) in [6.45, 7) is 3.33. The predicted octanol–water partition coefficient (Wildman–Crippen LogP) is 4.42. The van der Waals surface area contributed by atoms with E-state index in [0.29, 0.717) is 6.20 Å². The molecule has 13 heteroatoms. The monoisotopic (exact) mass is 475 g/mol. The first kappa shape index (κ1) is 24.3. The molecule has 0 aliphatic carbocycles. The van der Waals surface area contributed by atoms with E-state index in [2.05, 4.69) is 15.3 Å². The molecule has 0 aromatic carbocycles. The van der Waals surface area contributed by atoms with Crippen LogP contribution in [0.25, 0.3) is 0 Å². The lowest BCUT2D eigenvalue weighted by Gasteiger charge is -2.25. The summed E-state index contributed by atoms with van der Waals surface area (Å²) in [6.07, 6.45) is -7.68. The Morgan fingerprint density at radius 3 is 2.24 bits per heavy atom. The second kappa shape index (κ2) is 8.87. The van der Waals surface area contributed by atoms with Gasteiger partial charge in [0.2, 0.25) is 5.91 Å². The Hall–Kier alpha value is -3.38. The molecule has 2 aromatic rings. The smallest absolute Gasteiger partial charge is 0.310 e. The number of nitrogens with one attached hydrogen (secondary N) is 1. The Morgan fingerprint density at radius 2 is 1.76 bits per heavy atom. The van der Waals surface area contributed by atoms with Crippen LogP contribution in [0.1, 0.15) is 25.1 Å². The van der Waals surface area contributed by atoms with Crippen molar-refractivity contribution in [1.82, 2.24) is 14.9 Å². The van der Waals surface area contributed by atoms with Crippen LogP contribution in [-0.4, -0.2) is 45.9 Å². The molecular weight excluding hydrogens is 456 g/mol. The van der Waals surface area contributed by atoms with Crippen LogP contribution in [0.5, 0.6) is 0 Å². The molecule has 1 N–H and O–H groups in total. The number of aromatic nitrogens is 2. The number of rotatable bonds is 5. The van der Waals surface area contributed by atoms with Gasteiger partial charge in [0.15, 0.2) is 0 Å². The minimum absolute atomic E-state index is 0.0987. The highest BCUT2D eigenvalue weighted by Gasteiger charge is 2.41. The predicted molar refractivity (Wildman–Crippen MR) is 105 cm³/mol. The van der Waals surface area contributed by atoms with Gasteiger partial charge in [-0.15, -0.1) is 0 Å². The highest BCUT2D eigenvalue weighted by atomic mass is 19.4. The number of anilines is 2. The Balaban J connectivity index is 1.72. The SMILES string of the molecule is CC(C)[C@H]1CN(c2ccc(C(F)(F)F)nc2)C(=O)N1CC(=O)Nc1ccc(C(F)(F)F)cn1. The minimum Gasteiger partial charge on any atom is -0.310 e. The number of hydrogen-bond donors (Lipinski definition) is 1. The molecular formula is C20H19F6N5O2. The van der Waals surface area contributed by atoms with Gasteiger partial charge in [-0.2, -0.15) is 26.3 Å². The number of nitrogens with zero attached hydrogens (tertiary/aromatic N) is 4. The number of urea groups is 1. The van der Waals surface area contributed by atoms with Crippen molar-refractivity contribution in [2.75, 3.05) is 23.3 Å². The highest BCUT2D eigenvalue weighted by Crippen LogP contribution is 2.31. The van der Waals surface area contributed by atoms with Gasteiger partial charge in [-0.25, -0.2) is 14.8 Å². The van der Waals surface area contributed by atoms with Crippen LogP contribution >= 0.6 is 0 Å². The molecule has 2 aromatic heterocycles. The summed E-state index contributed by atoms with van der Waals surface area (Å²) in [6, 6.07) is 2.60. The average Bonchev–Trinajstić information content (AvgIpc) is 3.03. The van der Waals surface area contributed by atoms with Crippen molar-refractivity contribution >= 4 is 23.4 Å². The van der Waals surface area contributed by atoms with Gasteiger partial charge in [0.25, 0.3) is 0 Å². The third-order valence-electron chi connectivity index (χ3n) is 5.04. The van der Waals surface area contributed by atoms with Crippen LogP contribution in [0.4, 0.5) is 42.6 Å². The number of hydrogen-bond acceptors (Lipinski definition) is 4. The van der Waals surface area contributed by atoms with Crippen molar-refractivity contribution in [2.24, 2.45) is 5.92 Å². The maximum Gasteiger partial charge on any atom is 0.433 e. The fourth-order valence-electron chi connectivity index (χ4n) is 3.32. The van der Waals surface area contributed by atoms with E-state index in [1.165, 1.54) is 9.80 Å². The number of halogens is 6. The first-order valence-corrected chi connectivity index (χ1v) is 9.72. The van der Waals surface area contributed by atoms with Crippen LogP contribution < -0.4 is 10.2 Å². The van der Waals surface area contributed by atoms with Crippen LogP contribution in [0.15, 0.2) is 36.7 Å². The van der Waals surface area contributed by atoms with E-state index in [1.54, 1.807) is 0 Å². The van der Waals surface area contributed by atoms with E-state index < -0.39 is 48.1 Å². The van der Waals surface area contributed by atoms with Gasteiger partial charge >= 0.3 is 18.4 Å².